The average molecular weight is 298 g/mol. The van der Waals surface area contributed by atoms with Crippen molar-refractivity contribution in [3.63, 3.8) is 0 Å². The van der Waals surface area contributed by atoms with Gasteiger partial charge in [0.1, 0.15) is 5.82 Å². The lowest BCUT2D eigenvalue weighted by Crippen LogP contribution is -2.21. The molecule has 1 aromatic carbocycles. The molecule has 2 aromatic rings. The van der Waals surface area contributed by atoms with E-state index < -0.39 is 0 Å². The van der Waals surface area contributed by atoms with Crippen LogP contribution in [0.2, 0.25) is 0 Å². The first-order chi connectivity index (χ1) is 8.15. The smallest absolute Gasteiger partial charge is 0.137 e. The second kappa shape index (κ2) is 4.98. The minimum absolute atomic E-state index is 0.0902. The molecule has 0 amide bonds. The molecule has 0 saturated heterocycles. The van der Waals surface area contributed by atoms with Crippen molar-refractivity contribution in [2.75, 3.05) is 7.05 Å². The molecule has 0 aliphatic heterocycles. The Morgan fingerprint density at radius 1 is 1.41 bits per heavy atom. The summed E-state index contributed by atoms with van der Waals surface area (Å²) in [5.74, 6) is -0.259. The highest BCUT2D eigenvalue weighted by Gasteiger charge is 2.19. The van der Waals surface area contributed by atoms with E-state index in [0.29, 0.717) is 4.47 Å². The van der Waals surface area contributed by atoms with Crippen LogP contribution in [-0.2, 0) is 7.05 Å². The van der Waals surface area contributed by atoms with E-state index in [1.807, 2.05) is 26.2 Å². The van der Waals surface area contributed by atoms with Crippen molar-refractivity contribution in [2.24, 2.45) is 7.05 Å². The Labute approximate surface area is 108 Å². The Hall–Kier alpha value is -1.20. The fourth-order valence-electron chi connectivity index (χ4n) is 1.87. The van der Waals surface area contributed by atoms with Crippen LogP contribution in [0.4, 0.5) is 4.39 Å². The van der Waals surface area contributed by atoms with E-state index in [4.69, 9.17) is 0 Å². The number of aryl methyl sites for hydroxylation is 1. The monoisotopic (exact) mass is 297 g/mol. The van der Waals surface area contributed by atoms with Crippen molar-refractivity contribution in [1.82, 2.24) is 15.1 Å². The predicted molar refractivity (Wildman–Crippen MR) is 68.2 cm³/mol. The lowest BCUT2D eigenvalue weighted by molar-refractivity contribution is 0.585. The number of halogens is 2. The molecule has 3 nitrogen and oxygen atoms in total. The van der Waals surface area contributed by atoms with Gasteiger partial charge in [0.05, 0.1) is 16.2 Å². The fraction of sp³-hybridized carbons (Fsp3) is 0.250. The van der Waals surface area contributed by atoms with Gasteiger partial charge in [-0.3, -0.25) is 4.68 Å². The Morgan fingerprint density at radius 2 is 2.18 bits per heavy atom. The molecule has 1 atom stereocenters. The molecule has 1 unspecified atom stereocenters. The lowest BCUT2D eigenvalue weighted by atomic mass is 10.0. The summed E-state index contributed by atoms with van der Waals surface area (Å²) in [4.78, 5) is 0. The first-order valence-electron chi connectivity index (χ1n) is 5.24. The third kappa shape index (κ3) is 2.25. The molecular weight excluding hydrogens is 285 g/mol. The summed E-state index contributed by atoms with van der Waals surface area (Å²) in [7, 11) is 3.71. The molecule has 1 heterocycles. The van der Waals surface area contributed by atoms with Crippen LogP contribution >= 0.6 is 15.9 Å². The minimum atomic E-state index is -0.259. The number of nitrogens with zero attached hydrogens (tertiary/aromatic N) is 2. The van der Waals surface area contributed by atoms with E-state index in [1.54, 1.807) is 16.9 Å². The van der Waals surface area contributed by atoms with Gasteiger partial charge in [0.25, 0.3) is 0 Å². The minimum Gasteiger partial charge on any atom is -0.308 e. The molecule has 0 spiro atoms. The summed E-state index contributed by atoms with van der Waals surface area (Å²) < 4.78 is 15.8. The number of rotatable bonds is 3. The van der Waals surface area contributed by atoms with Crippen LogP contribution in [0.5, 0.6) is 0 Å². The largest absolute Gasteiger partial charge is 0.308 e. The second-order valence-corrected chi connectivity index (χ2v) is 4.54. The number of aromatic nitrogens is 2. The average Bonchev–Trinajstić information content (AvgIpc) is 2.72. The van der Waals surface area contributed by atoms with Crippen molar-refractivity contribution in [3.8, 4) is 0 Å². The molecule has 0 aliphatic carbocycles. The third-order valence-corrected chi connectivity index (χ3v) is 3.57. The number of hydrogen-bond donors (Lipinski definition) is 1. The Morgan fingerprint density at radius 3 is 2.76 bits per heavy atom. The van der Waals surface area contributed by atoms with Gasteiger partial charge in [-0.05, 0) is 40.7 Å². The second-order valence-electron chi connectivity index (χ2n) is 3.74. The molecular formula is C12H13BrFN3. The van der Waals surface area contributed by atoms with Crippen LogP contribution in [0.1, 0.15) is 17.3 Å². The highest BCUT2D eigenvalue weighted by atomic mass is 79.9. The van der Waals surface area contributed by atoms with Crippen molar-refractivity contribution in [3.05, 3.63) is 52.0 Å². The molecule has 2 rings (SSSR count). The third-order valence-electron chi connectivity index (χ3n) is 2.74. The van der Waals surface area contributed by atoms with Crippen molar-refractivity contribution in [1.29, 1.82) is 0 Å². The van der Waals surface area contributed by atoms with Gasteiger partial charge in [-0.15, -0.1) is 0 Å². The van der Waals surface area contributed by atoms with Gasteiger partial charge in [-0.1, -0.05) is 12.1 Å². The van der Waals surface area contributed by atoms with Crippen LogP contribution in [0.3, 0.4) is 0 Å². The van der Waals surface area contributed by atoms with Gasteiger partial charge < -0.3 is 5.32 Å². The van der Waals surface area contributed by atoms with E-state index in [-0.39, 0.29) is 11.9 Å². The van der Waals surface area contributed by atoms with Crippen LogP contribution < -0.4 is 5.32 Å². The molecule has 5 heteroatoms. The van der Waals surface area contributed by atoms with Gasteiger partial charge in [0.2, 0.25) is 0 Å². The van der Waals surface area contributed by atoms with Gasteiger partial charge in [0.15, 0.2) is 0 Å². The van der Waals surface area contributed by atoms with E-state index >= 15 is 0 Å². The maximum atomic E-state index is 13.5. The van der Waals surface area contributed by atoms with Crippen molar-refractivity contribution >= 4 is 15.9 Å². The van der Waals surface area contributed by atoms with E-state index in [2.05, 4.69) is 26.3 Å². The normalized spacial score (nSPS) is 12.7. The summed E-state index contributed by atoms with van der Waals surface area (Å²) in [6, 6.07) is 6.85. The van der Waals surface area contributed by atoms with Crippen LogP contribution in [-0.4, -0.2) is 16.8 Å². The maximum absolute atomic E-state index is 13.5. The number of benzene rings is 1. The molecule has 0 radical (unpaired) electrons. The molecule has 17 heavy (non-hydrogen) atoms. The zero-order valence-corrected chi connectivity index (χ0v) is 11.2. The zero-order valence-electron chi connectivity index (χ0n) is 9.61. The Kier molecular flexibility index (Phi) is 3.59. The summed E-state index contributed by atoms with van der Waals surface area (Å²) in [6.07, 6.45) is 1.73. The highest BCUT2D eigenvalue weighted by molar-refractivity contribution is 9.10. The quantitative estimate of drug-likeness (QED) is 0.944. The van der Waals surface area contributed by atoms with Crippen LogP contribution in [0, 0.1) is 5.82 Å². The SMILES string of the molecule is CNC(c1cccc(F)c1Br)c1ccnn1C. The molecule has 0 aliphatic rings. The summed E-state index contributed by atoms with van der Waals surface area (Å²) in [6.45, 7) is 0. The zero-order chi connectivity index (χ0) is 12.4. The van der Waals surface area contributed by atoms with Gasteiger partial charge >= 0.3 is 0 Å². The molecule has 1 aromatic heterocycles. The maximum Gasteiger partial charge on any atom is 0.137 e. The molecule has 0 bridgehead atoms. The predicted octanol–water partition coefficient (Wildman–Crippen LogP) is 2.63. The number of hydrogen-bond acceptors (Lipinski definition) is 2. The van der Waals surface area contributed by atoms with Crippen LogP contribution in [0.25, 0.3) is 0 Å². The number of nitrogens with one attached hydrogen (secondary N) is 1. The first kappa shape index (κ1) is 12.3. The summed E-state index contributed by atoms with van der Waals surface area (Å²) in [5.41, 5.74) is 1.84. The van der Waals surface area contributed by atoms with E-state index in [0.717, 1.165) is 11.3 Å². The Bertz CT molecular complexity index is 524. The van der Waals surface area contributed by atoms with Gasteiger partial charge in [-0.25, -0.2) is 4.39 Å². The standard InChI is InChI=1S/C12H13BrFN3/c1-15-12(10-6-7-16-17(10)2)8-4-3-5-9(14)11(8)13/h3-7,12,15H,1-2H3. The van der Waals surface area contributed by atoms with Crippen molar-refractivity contribution < 1.29 is 4.39 Å². The molecule has 1 N–H and O–H groups in total. The lowest BCUT2D eigenvalue weighted by Gasteiger charge is -2.18. The molecule has 0 saturated carbocycles. The van der Waals surface area contributed by atoms with Crippen LogP contribution in [0.15, 0.2) is 34.9 Å². The summed E-state index contributed by atoms with van der Waals surface area (Å²) >= 11 is 3.29. The van der Waals surface area contributed by atoms with Gasteiger partial charge in [0, 0.05) is 13.2 Å². The first-order valence-corrected chi connectivity index (χ1v) is 6.03. The fourth-order valence-corrected chi connectivity index (χ4v) is 2.37. The summed E-state index contributed by atoms with van der Waals surface area (Å²) in [5, 5.41) is 7.30. The van der Waals surface area contributed by atoms with E-state index in [9.17, 15) is 4.39 Å². The molecule has 90 valence electrons. The van der Waals surface area contributed by atoms with E-state index in [1.165, 1.54) is 6.07 Å². The molecule has 0 fully saturated rings. The highest BCUT2D eigenvalue weighted by Crippen LogP contribution is 2.29. The Balaban J connectivity index is 2.50. The van der Waals surface area contributed by atoms with Gasteiger partial charge in [-0.2, -0.15) is 5.10 Å². The topological polar surface area (TPSA) is 29.9 Å². The van der Waals surface area contributed by atoms with Crippen molar-refractivity contribution in [2.45, 2.75) is 6.04 Å².